The number of carboxylic acids is 1. The summed E-state index contributed by atoms with van der Waals surface area (Å²) in [5, 5.41) is 14.2. The summed E-state index contributed by atoms with van der Waals surface area (Å²) in [5.41, 5.74) is 0.738. The fourth-order valence-corrected chi connectivity index (χ4v) is 4.28. The molecule has 3 aromatic carbocycles. The maximum atomic E-state index is 14.7. The first-order valence-corrected chi connectivity index (χ1v) is 12.1. The summed E-state index contributed by atoms with van der Waals surface area (Å²) in [5.74, 6) is -1.80. The average Bonchev–Trinajstić information content (AvgIpc) is 3.26. The molecule has 11 heteroatoms. The number of ether oxygens (including phenoxy) is 1. The van der Waals surface area contributed by atoms with Crippen LogP contribution in [0.15, 0.2) is 66.7 Å². The summed E-state index contributed by atoms with van der Waals surface area (Å²) in [6, 6.07) is 15.1. The number of alkyl halides is 1. The number of urea groups is 1. The van der Waals surface area contributed by atoms with E-state index in [4.69, 9.17) is 21.4 Å². The van der Waals surface area contributed by atoms with Crippen molar-refractivity contribution in [2.24, 2.45) is 0 Å². The molecule has 2 atom stereocenters. The lowest BCUT2D eigenvalue weighted by Crippen LogP contribution is -2.40. The van der Waals surface area contributed by atoms with Crippen LogP contribution in [0.5, 0.6) is 5.75 Å². The Bertz CT molecular complexity index is 1340. The van der Waals surface area contributed by atoms with E-state index in [0.29, 0.717) is 22.0 Å². The van der Waals surface area contributed by atoms with Gasteiger partial charge in [0.05, 0.1) is 41.0 Å². The van der Waals surface area contributed by atoms with Crippen molar-refractivity contribution in [1.82, 2.24) is 4.90 Å². The number of carbonyl (C=O) groups excluding carboxylic acids is 2. The largest absolute Gasteiger partial charge is 0.491 e. The lowest BCUT2D eigenvalue weighted by atomic mass is 10.1. The molecule has 198 valence electrons. The second kappa shape index (κ2) is 11.9. The molecule has 4 rings (SSSR count). The highest BCUT2D eigenvalue weighted by atomic mass is 35.5. The zero-order valence-corrected chi connectivity index (χ0v) is 20.8. The van der Waals surface area contributed by atoms with E-state index in [0.717, 1.165) is 6.07 Å². The summed E-state index contributed by atoms with van der Waals surface area (Å²) in [6.45, 7) is -0.0779. The van der Waals surface area contributed by atoms with Gasteiger partial charge in [-0.25, -0.2) is 18.4 Å². The molecule has 8 nitrogen and oxygen atoms in total. The second-order valence-electron chi connectivity index (χ2n) is 8.72. The molecule has 0 spiro atoms. The Labute approximate surface area is 222 Å². The van der Waals surface area contributed by atoms with Gasteiger partial charge in [0.25, 0.3) is 0 Å². The predicted octanol–water partition coefficient (Wildman–Crippen LogP) is 5.38. The summed E-state index contributed by atoms with van der Waals surface area (Å²) >= 11 is 6.01. The number of likely N-dealkylation sites (tertiary alicyclic amines) is 1. The fourth-order valence-electron chi connectivity index (χ4n) is 4.09. The van der Waals surface area contributed by atoms with Crippen LogP contribution >= 0.6 is 11.6 Å². The Morgan fingerprint density at radius 1 is 1.03 bits per heavy atom. The molecule has 0 unspecified atom stereocenters. The smallest absolute Gasteiger partial charge is 0.335 e. The van der Waals surface area contributed by atoms with Crippen molar-refractivity contribution in [3.05, 3.63) is 88.7 Å². The first-order valence-electron chi connectivity index (χ1n) is 11.7. The number of halogens is 3. The summed E-state index contributed by atoms with van der Waals surface area (Å²) in [4.78, 5) is 37.5. The Balaban J connectivity index is 1.34. The van der Waals surface area contributed by atoms with Crippen molar-refractivity contribution in [2.45, 2.75) is 25.1 Å². The highest BCUT2D eigenvalue weighted by molar-refractivity contribution is 6.33. The van der Waals surface area contributed by atoms with Crippen LogP contribution < -0.4 is 15.4 Å². The molecule has 1 heterocycles. The molecule has 1 aliphatic rings. The molecule has 3 N–H and O–H groups in total. The third-order valence-electron chi connectivity index (χ3n) is 5.99. The molecule has 1 aliphatic heterocycles. The topological polar surface area (TPSA) is 108 Å². The summed E-state index contributed by atoms with van der Waals surface area (Å²) in [7, 11) is 0. The number of nitrogens with one attached hydrogen (secondary N) is 2. The first-order chi connectivity index (χ1) is 18.2. The highest BCUT2D eigenvalue weighted by Crippen LogP contribution is 2.25. The molecular weight excluding hydrogens is 520 g/mol. The minimum absolute atomic E-state index is 0.0241. The Kier molecular flexibility index (Phi) is 8.42. The quantitative estimate of drug-likeness (QED) is 0.353. The molecule has 3 amide bonds. The van der Waals surface area contributed by atoms with Crippen LogP contribution in [0.25, 0.3) is 0 Å². The van der Waals surface area contributed by atoms with Crippen molar-refractivity contribution >= 4 is 40.9 Å². The normalized spacial score (nSPS) is 16.7. The van der Waals surface area contributed by atoms with Gasteiger partial charge in [0.2, 0.25) is 5.91 Å². The van der Waals surface area contributed by atoms with E-state index in [1.807, 2.05) is 0 Å². The van der Waals surface area contributed by atoms with E-state index in [2.05, 4.69) is 10.6 Å². The number of aromatic carboxylic acids is 1. The van der Waals surface area contributed by atoms with E-state index in [1.165, 1.54) is 41.3 Å². The first kappa shape index (κ1) is 26.9. The lowest BCUT2D eigenvalue weighted by molar-refractivity contribution is -0.132. The van der Waals surface area contributed by atoms with Gasteiger partial charge >= 0.3 is 12.0 Å². The number of anilines is 2. The molecule has 3 aromatic rings. The third-order valence-corrected chi connectivity index (χ3v) is 6.32. The standard InChI is InChI=1S/C27H24ClF2N3O5/c28-21-3-1-2-4-23(21)31-27(37)32-24-10-5-16(11-22(24)30)12-25(34)33-14-18(29)13-19(33)15-38-20-8-6-17(7-9-20)26(35)36/h1-11,18-19H,12-15H2,(H,35,36)(H2,31,32,37)/t18-,19-/m0/s1. The highest BCUT2D eigenvalue weighted by Gasteiger charge is 2.35. The molecule has 0 bridgehead atoms. The number of rotatable bonds is 8. The average molecular weight is 544 g/mol. The molecule has 38 heavy (non-hydrogen) atoms. The Morgan fingerprint density at radius 3 is 2.42 bits per heavy atom. The molecule has 1 saturated heterocycles. The minimum atomic E-state index is -1.22. The van der Waals surface area contributed by atoms with Gasteiger partial charge in [-0.1, -0.05) is 29.8 Å². The van der Waals surface area contributed by atoms with Crippen LogP contribution in [0.4, 0.5) is 25.0 Å². The van der Waals surface area contributed by atoms with Gasteiger partial charge in [-0.3, -0.25) is 4.79 Å². The zero-order valence-electron chi connectivity index (χ0n) is 20.0. The maximum Gasteiger partial charge on any atom is 0.335 e. The van der Waals surface area contributed by atoms with Gasteiger partial charge in [-0.15, -0.1) is 0 Å². The van der Waals surface area contributed by atoms with Crippen LogP contribution in [0.2, 0.25) is 5.02 Å². The fraction of sp³-hybridized carbons (Fsp3) is 0.222. The SMILES string of the molecule is O=C(Nc1ccc(CC(=O)N2C[C@@H](F)C[C@H]2COc2ccc(C(=O)O)cc2)cc1F)Nc1ccccc1Cl. The number of nitrogens with zero attached hydrogens (tertiary/aromatic N) is 1. The number of hydrogen-bond donors (Lipinski definition) is 3. The van der Waals surface area contributed by atoms with Gasteiger partial charge in [-0.05, 0) is 54.1 Å². The van der Waals surface area contributed by atoms with E-state index >= 15 is 0 Å². The van der Waals surface area contributed by atoms with Crippen molar-refractivity contribution in [3.63, 3.8) is 0 Å². The van der Waals surface area contributed by atoms with Gasteiger partial charge in [0.15, 0.2) is 0 Å². The maximum absolute atomic E-state index is 14.7. The number of para-hydroxylation sites is 1. The molecular formula is C27H24ClF2N3O5. The molecule has 0 radical (unpaired) electrons. The molecule has 0 saturated carbocycles. The number of benzene rings is 3. The van der Waals surface area contributed by atoms with E-state index in [9.17, 15) is 23.2 Å². The summed E-state index contributed by atoms with van der Waals surface area (Å²) in [6.07, 6.45) is -1.29. The molecule has 0 aliphatic carbocycles. The van der Waals surface area contributed by atoms with Crippen molar-refractivity contribution in [2.75, 3.05) is 23.8 Å². The third kappa shape index (κ3) is 6.77. The van der Waals surface area contributed by atoms with Crippen LogP contribution in [0.1, 0.15) is 22.3 Å². The van der Waals surface area contributed by atoms with Gasteiger partial charge < -0.3 is 25.4 Å². The predicted molar refractivity (Wildman–Crippen MR) is 138 cm³/mol. The number of hydrogen-bond acceptors (Lipinski definition) is 4. The van der Waals surface area contributed by atoms with Crippen molar-refractivity contribution in [3.8, 4) is 5.75 Å². The van der Waals surface area contributed by atoms with Gasteiger partial charge in [0, 0.05) is 6.42 Å². The molecule has 1 fully saturated rings. The number of carbonyl (C=O) groups is 3. The van der Waals surface area contributed by atoms with E-state index in [1.54, 1.807) is 24.3 Å². The zero-order chi connectivity index (χ0) is 27.2. The van der Waals surface area contributed by atoms with Gasteiger partial charge in [-0.2, -0.15) is 0 Å². The Hall–Kier alpha value is -4.18. The van der Waals surface area contributed by atoms with Crippen molar-refractivity contribution < 1.29 is 33.0 Å². The second-order valence-corrected chi connectivity index (χ2v) is 9.13. The molecule has 0 aromatic heterocycles. The van der Waals surface area contributed by atoms with Crippen LogP contribution in [-0.4, -0.2) is 53.3 Å². The van der Waals surface area contributed by atoms with E-state index < -0.39 is 35.9 Å². The van der Waals surface area contributed by atoms with Crippen LogP contribution in [-0.2, 0) is 11.2 Å². The minimum Gasteiger partial charge on any atom is -0.491 e. The van der Waals surface area contributed by atoms with Gasteiger partial charge in [0.1, 0.15) is 24.3 Å². The number of carboxylic acid groups (broad SMARTS) is 1. The van der Waals surface area contributed by atoms with E-state index in [-0.39, 0.29) is 37.2 Å². The van der Waals surface area contributed by atoms with Crippen LogP contribution in [0.3, 0.4) is 0 Å². The van der Waals surface area contributed by atoms with Crippen molar-refractivity contribution in [1.29, 1.82) is 0 Å². The summed E-state index contributed by atoms with van der Waals surface area (Å²) < 4.78 is 34.5. The lowest BCUT2D eigenvalue weighted by Gasteiger charge is -2.24. The number of amides is 3. The Morgan fingerprint density at radius 2 is 1.74 bits per heavy atom. The van der Waals surface area contributed by atoms with Crippen LogP contribution in [0, 0.1) is 5.82 Å². The monoisotopic (exact) mass is 543 g/mol.